The minimum atomic E-state index is -0.562. The van der Waals surface area contributed by atoms with Crippen LogP contribution in [0.25, 0.3) is 0 Å². The lowest BCUT2D eigenvalue weighted by Gasteiger charge is -2.15. The third kappa shape index (κ3) is 2.70. The molecule has 0 aliphatic carbocycles. The fourth-order valence-electron chi connectivity index (χ4n) is 2.12. The molecule has 1 heterocycles. The van der Waals surface area contributed by atoms with Gasteiger partial charge in [0.05, 0.1) is 9.99 Å². The van der Waals surface area contributed by atoms with E-state index >= 15 is 0 Å². The minimum Gasteiger partial charge on any atom is -0.496 e. The third-order valence-corrected chi connectivity index (χ3v) is 4.71. The summed E-state index contributed by atoms with van der Waals surface area (Å²) in [5, 5.41) is 12.4. The Labute approximate surface area is 125 Å². The molecule has 1 N–H and O–H groups in total. The summed E-state index contributed by atoms with van der Waals surface area (Å²) >= 11 is 3.91. The van der Waals surface area contributed by atoms with Crippen LogP contribution in [0.5, 0.6) is 5.75 Å². The van der Waals surface area contributed by atoms with E-state index < -0.39 is 6.10 Å². The Bertz CT molecular complexity index is 540. The maximum Gasteiger partial charge on any atom is 0.124 e. The lowest BCUT2D eigenvalue weighted by atomic mass is 9.99. The van der Waals surface area contributed by atoms with Crippen LogP contribution in [0.3, 0.4) is 0 Å². The highest BCUT2D eigenvalue weighted by Gasteiger charge is 2.15. The van der Waals surface area contributed by atoms with Crippen molar-refractivity contribution in [2.24, 2.45) is 0 Å². The van der Waals surface area contributed by atoms with Gasteiger partial charge in [-0.3, -0.25) is 0 Å². The van der Waals surface area contributed by atoms with Crippen LogP contribution in [0.2, 0.25) is 0 Å². The standard InChI is InChI=1S/C14H15IO2S/c1-8-4-10(5-9(2)14(8)17-3)13(16)11-6-12(15)18-7-11/h4-7,13,16H,1-3H3. The fourth-order valence-corrected chi connectivity index (χ4v) is 3.51. The molecule has 0 saturated heterocycles. The highest BCUT2D eigenvalue weighted by atomic mass is 127. The highest BCUT2D eigenvalue weighted by Crippen LogP contribution is 2.31. The molecule has 18 heavy (non-hydrogen) atoms. The van der Waals surface area contributed by atoms with E-state index in [1.807, 2.05) is 37.4 Å². The normalized spacial score (nSPS) is 12.5. The van der Waals surface area contributed by atoms with Crippen LogP contribution in [0.4, 0.5) is 0 Å². The van der Waals surface area contributed by atoms with Crippen LogP contribution in [0, 0.1) is 16.7 Å². The Hall–Kier alpha value is -0.590. The van der Waals surface area contributed by atoms with Crippen LogP contribution in [-0.2, 0) is 0 Å². The van der Waals surface area contributed by atoms with Gasteiger partial charge in [-0.05, 0) is 82.3 Å². The first-order valence-electron chi connectivity index (χ1n) is 5.60. The monoisotopic (exact) mass is 374 g/mol. The number of thiophene rings is 1. The van der Waals surface area contributed by atoms with E-state index in [0.29, 0.717) is 0 Å². The predicted molar refractivity (Wildman–Crippen MR) is 83.6 cm³/mol. The molecule has 0 spiro atoms. The quantitative estimate of drug-likeness (QED) is 0.822. The molecule has 0 aliphatic heterocycles. The van der Waals surface area contributed by atoms with Crippen LogP contribution in [-0.4, -0.2) is 12.2 Å². The number of halogens is 1. The van der Waals surface area contributed by atoms with Gasteiger partial charge in [-0.2, -0.15) is 0 Å². The number of hydrogen-bond acceptors (Lipinski definition) is 3. The third-order valence-electron chi connectivity index (χ3n) is 2.91. The molecule has 1 aromatic heterocycles. The van der Waals surface area contributed by atoms with E-state index in [1.165, 1.54) is 2.88 Å². The average Bonchev–Trinajstić information content (AvgIpc) is 2.74. The molecule has 2 rings (SSSR count). The van der Waals surface area contributed by atoms with Crippen molar-refractivity contribution in [1.29, 1.82) is 0 Å². The highest BCUT2D eigenvalue weighted by molar-refractivity contribution is 14.1. The molecule has 0 bridgehead atoms. The molecular formula is C14H15IO2S. The smallest absolute Gasteiger partial charge is 0.124 e. The number of methoxy groups -OCH3 is 1. The van der Waals surface area contributed by atoms with E-state index in [-0.39, 0.29) is 0 Å². The largest absolute Gasteiger partial charge is 0.496 e. The molecule has 1 atom stereocenters. The van der Waals surface area contributed by atoms with Crippen LogP contribution in [0.1, 0.15) is 28.4 Å². The lowest BCUT2D eigenvalue weighted by Crippen LogP contribution is -2.01. The molecule has 1 aromatic carbocycles. The van der Waals surface area contributed by atoms with Crippen molar-refractivity contribution in [2.75, 3.05) is 7.11 Å². The Kier molecular flexibility index (Phi) is 4.29. The second-order valence-corrected chi connectivity index (χ2v) is 7.08. The van der Waals surface area contributed by atoms with Gasteiger partial charge in [-0.1, -0.05) is 0 Å². The molecule has 2 nitrogen and oxygen atoms in total. The zero-order valence-electron chi connectivity index (χ0n) is 10.5. The molecule has 0 saturated carbocycles. The van der Waals surface area contributed by atoms with Gasteiger partial charge in [0.15, 0.2) is 0 Å². The zero-order valence-corrected chi connectivity index (χ0v) is 13.5. The van der Waals surface area contributed by atoms with Gasteiger partial charge in [0, 0.05) is 0 Å². The SMILES string of the molecule is COc1c(C)cc(C(O)c2csc(I)c2)cc1C. The number of aliphatic hydroxyl groups excluding tert-OH is 1. The maximum atomic E-state index is 10.4. The molecule has 0 aliphatic rings. The number of ether oxygens (including phenoxy) is 1. The van der Waals surface area contributed by atoms with Crippen LogP contribution in [0.15, 0.2) is 23.6 Å². The van der Waals surface area contributed by atoms with Crippen molar-refractivity contribution in [3.8, 4) is 5.75 Å². The van der Waals surface area contributed by atoms with Gasteiger partial charge in [-0.25, -0.2) is 0 Å². The zero-order chi connectivity index (χ0) is 13.3. The van der Waals surface area contributed by atoms with Crippen molar-refractivity contribution in [3.63, 3.8) is 0 Å². The summed E-state index contributed by atoms with van der Waals surface area (Å²) in [6.07, 6.45) is -0.562. The summed E-state index contributed by atoms with van der Waals surface area (Å²) in [6.45, 7) is 4.00. The number of hydrogen-bond donors (Lipinski definition) is 1. The summed E-state index contributed by atoms with van der Waals surface area (Å²) in [6, 6.07) is 5.99. The van der Waals surface area contributed by atoms with Gasteiger partial charge in [0.2, 0.25) is 0 Å². The fraction of sp³-hybridized carbons (Fsp3) is 0.286. The molecule has 0 fully saturated rings. The van der Waals surface area contributed by atoms with E-state index in [2.05, 4.69) is 22.6 Å². The lowest BCUT2D eigenvalue weighted by molar-refractivity contribution is 0.220. The summed E-state index contributed by atoms with van der Waals surface area (Å²) in [5.74, 6) is 0.894. The number of benzene rings is 1. The molecule has 0 radical (unpaired) electrons. The van der Waals surface area contributed by atoms with Crippen LogP contribution >= 0.6 is 33.9 Å². The molecule has 0 amide bonds. The van der Waals surface area contributed by atoms with Crippen molar-refractivity contribution in [3.05, 3.63) is 48.7 Å². The first-order valence-corrected chi connectivity index (χ1v) is 7.56. The van der Waals surface area contributed by atoms with Crippen molar-refractivity contribution in [2.45, 2.75) is 20.0 Å². The van der Waals surface area contributed by atoms with Gasteiger partial charge >= 0.3 is 0 Å². The Morgan fingerprint density at radius 2 is 1.78 bits per heavy atom. The topological polar surface area (TPSA) is 29.5 Å². The summed E-state index contributed by atoms with van der Waals surface area (Å²) in [4.78, 5) is 0. The number of rotatable bonds is 3. The maximum absolute atomic E-state index is 10.4. The molecule has 96 valence electrons. The first-order chi connectivity index (χ1) is 8.52. The van der Waals surface area contributed by atoms with Crippen LogP contribution < -0.4 is 4.74 Å². The van der Waals surface area contributed by atoms with Gasteiger partial charge < -0.3 is 9.84 Å². The molecule has 2 aromatic rings. The summed E-state index contributed by atoms with van der Waals surface area (Å²) < 4.78 is 6.52. The van der Waals surface area contributed by atoms with Crippen molar-refractivity contribution >= 4 is 33.9 Å². The minimum absolute atomic E-state index is 0.562. The average molecular weight is 374 g/mol. The van der Waals surface area contributed by atoms with Crippen molar-refractivity contribution in [1.82, 2.24) is 0 Å². The summed E-state index contributed by atoms with van der Waals surface area (Å²) in [7, 11) is 1.67. The van der Waals surface area contributed by atoms with Gasteiger partial charge in [0.25, 0.3) is 0 Å². The van der Waals surface area contributed by atoms with Crippen molar-refractivity contribution < 1.29 is 9.84 Å². The number of aryl methyl sites for hydroxylation is 2. The van der Waals surface area contributed by atoms with Gasteiger partial charge in [-0.15, -0.1) is 11.3 Å². The summed E-state index contributed by atoms with van der Waals surface area (Å²) in [5.41, 5.74) is 3.97. The Balaban J connectivity index is 2.40. The first kappa shape index (κ1) is 13.8. The second-order valence-electron chi connectivity index (χ2n) is 4.27. The number of aliphatic hydroxyl groups is 1. The Morgan fingerprint density at radius 3 is 2.22 bits per heavy atom. The van der Waals surface area contributed by atoms with E-state index in [9.17, 15) is 5.11 Å². The molecule has 4 heteroatoms. The predicted octanol–water partition coefficient (Wildman–Crippen LogP) is 4.06. The van der Waals surface area contributed by atoms with E-state index in [1.54, 1.807) is 18.4 Å². The van der Waals surface area contributed by atoms with E-state index in [4.69, 9.17) is 4.74 Å². The van der Waals surface area contributed by atoms with Gasteiger partial charge in [0.1, 0.15) is 11.9 Å². The van der Waals surface area contributed by atoms with E-state index in [0.717, 1.165) is 28.0 Å². The molecular weight excluding hydrogens is 359 g/mol. The Morgan fingerprint density at radius 1 is 1.17 bits per heavy atom. The second kappa shape index (κ2) is 5.59. The molecule has 1 unspecified atom stereocenters.